The molecule has 0 saturated carbocycles. The summed E-state index contributed by atoms with van der Waals surface area (Å²) < 4.78 is 25.6. The van der Waals surface area contributed by atoms with Gasteiger partial charge in [0.05, 0.1) is 6.07 Å². The summed E-state index contributed by atoms with van der Waals surface area (Å²) in [4.78, 5) is 0. The molecular formula is C12H14F2N2. The van der Waals surface area contributed by atoms with Gasteiger partial charge in [-0.15, -0.1) is 0 Å². The summed E-state index contributed by atoms with van der Waals surface area (Å²) in [5, 5.41) is 11.4. The maximum Gasteiger partial charge on any atom is 0.126 e. The summed E-state index contributed by atoms with van der Waals surface area (Å²) in [5.74, 6) is -1.11. The van der Waals surface area contributed by atoms with E-state index in [-0.39, 0.29) is 0 Å². The van der Waals surface area contributed by atoms with Crippen LogP contribution >= 0.6 is 0 Å². The molecule has 0 aliphatic carbocycles. The predicted octanol–water partition coefficient (Wildman–Crippen LogP) is 2.75. The van der Waals surface area contributed by atoms with Gasteiger partial charge in [0.1, 0.15) is 11.6 Å². The predicted molar refractivity (Wildman–Crippen MR) is 57.5 cm³/mol. The van der Waals surface area contributed by atoms with Gasteiger partial charge in [0.2, 0.25) is 0 Å². The molecular weight excluding hydrogens is 210 g/mol. The van der Waals surface area contributed by atoms with Gasteiger partial charge in [-0.05, 0) is 37.1 Å². The van der Waals surface area contributed by atoms with E-state index < -0.39 is 11.6 Å². The molecule has 1 aromatic rings. The van der Waals surface area contributed by atoms with Crippen LogP contribution < -0.4 is 5.32 Å². The molecule has 0 atom stereocenters. The zero-order valence-corrected chi connectivity index (χ0v) is 8.97. The van der Waals surface area contributed by atoms with Gasteiger partial charge < -0.3 is 5.32 Å². The number of unbranched alkanes of at least 4 members (excludes halogenated alkanes) is 2. The summed E-state index contributed by atoms with van der Waals surface area (Å²) in [6.07, 6.45) is 2.29. The van der Waals surface area contributed by atoms with Crippen LogP contribution in [0.15, 0.2) is 18.2 Å². The number of hydrogen-bond donors (Lipinski definition) is 1. The summed E-state index contributed by atoms with van der Waals surface area (Å²) >= 11 is 0. The van der Waals surface area contributed by atoms with Crippen LogP contribution in [0, 0.1) is 23.0 Å². The topological polar surface area (TPSA) is 35.8 Å². The van der Waals surface area contributed by atoms with Gasteiger partial charge in [-0.2, -0.15) is 5.26 Å². The molecule has 0 bridgehead atoms. The monoisotopic (exact) mass is 224 g/mol. The number of nitrogens with one attached hydrogen (secondary N) is 1. The normalized spacial score (nSPS) is 10.1. The molecule has 86 valence electrons. The van der Waals surface area contributed by atoms with E-state index in [0.29, 0.717) is 18.5 Å². The van der Waals surface area contributed by atoms with Gasteiger partial charge in [0.15, 0.2) is 0 Å². The highest BCUT2D eigenvalue weighted by atomic mass is 19.1. The van der Waals surface area contributed by atoms with E-state index in [4.69, 9.17) is 5.26 Å². The first kappa shape index (κ1) is 12.6. The Hall–Kier alpha value is -1.47. The smallest absolute Gasteiger partial charge is 0.126 e. The molecule has 0 radical (unpaired) electrons. The largest absolute Gasteiger partial charge is 0.313 e. The van der Waals surface area contributed by atoms with Crippen LogP contribution in [-0.4, -0.2) is 6.54 Å². The standard InChI is InChI=1S/C12H14F2N2/c13-11-6-10(7-12(14)8-11)9-16-5-3-1-2-4-15/h6-8,16H,1-3,5,9H2. The van der Waals surface area contributed by atoms with E-state index in [2.05, 4.69) is 11.4 Å². The molecule has 0 aromatic heterocycles. The molecule has 1 N–H and O–H groups in total. The third kappa shape index (κ3) is 4.85. The van der Waals surface area contributed by atoms with E-state index in [9.17, 15) is 8.78 Å². The third-order valence-electron chi connectivity index (χ3n) is 2.14. The Morgan fingerprint density at radius 1 is 1.12 bits per heavy atom. The highest BCUT2D eigenvalue weighted by Crippen LogP contribution is 2.07. The number of rotatable bonds is 6. The molecule has 1 rings (SSSR count). The minimum Gasteiger partial charge on any atom is -0.313 e. The average molecular weight is 224 g/mol. The van der Waals surface area contributed by atoms with Crippen molar-refractivity contribution in [1.29, 1.82) is 5.26 Å². The Balaban J connectivity index is 2.24. The first-order valence-corrected chi connectivity index (χ1v) is 5.25. The molecule has 16 heavy (non-hydrogen) atoms. The van der Waals surface area contributed by atoms with Gasteiger partial charge in [0.25, 0.3) is 0 Å². The van der Waals surface area contributed by atoms with E-state index in [1.165, 1.54) is 12.1 Å². The number of benzene rings is 1. The Morgan fingerprint density at radius 2 is 1.81 bits per heavy atom. The van der Waals surface area contributed by atoms with Crippen LogP contribution in [0.5, 0.6) is 0 Å². The van der Waals surface area contributed by atoms with Gasteiger partial charge in [-0.1, -0.05) is 0 Å². The molecule has 0 spiro atoms. The fraction of sp³-hybridized carbons (Fsp3) is 0.417. The van der Waals surface area contributed by atoms with Crippen molar-refractivity contribution in [1.82, 2.24) is 5.32 Å². The highest BCUT2D eigenvalue weighted by molar-refractivity contribution is 5.17. The van der Waals surface area contributed by atoms with E-state index in [1.807, 2.05) is 0 Å². The van der Waals surface area contributed by atoms with Crippen molar-refractivity contribution in [2.45, 2.75) is 25.8 Å². The minimum absolute atomic E-state index is 0.446. The number of nitrogens with zero attached hydrogens (tertiary/aromatic N) is 1. The molecule has 0 heterocycles. The number of halogens is 2. The molecule has 0 amide bonds. The van der Waals surface area contributed by atoms with Crippen molar-refractivity contribution in [2.75, 3.05) is 6.54 Å². The lowest BCUT2D eigenvalue weighted by Gasteiger charge is -2.04. The fourth-order valence-electron chi connectivity index (χ4n) is 1.40. The van der Waals surface area contributed by atoms with Gasteiger partial charge in [0, 0.05) is 19.0 Å². The molecule has 4 heteroatoms. The Bertz CT molecular complexity index is 352. The van der Waals surface area contributed by atoms with Crippen molar-refractivity contribution in [3.8, 4) is 6.07 Å². The Morgan fingerprint density at radius 3 is 2.44 bits per heavy atom. The van der Waals surface area contributed by atoms with Gasteiger partial charge >= 0.3 is 0 Å². The summed E-state index contributed by atoms with van der Waals surface area (Å²) in [5.41, 5.74) is 0.595. The lowest BCUT2D eigenvalue weighted by molar-refractivity contribution is 0.572. The molecule has 0 unspecified atom stereocenters. The second kappa shape index (κ2) is 6.91. The SMILES string of the molecule is N#CCCCCNCc1cc(F)cc(F)c1. The van der Waals surface area contributed by atoms with Crippen molar-refractivity contribution >= 4 is 0 Å². The maximum absolute atomic E-state index is 12.8. The van der Waals surface area contributed by atoms with E-state index in [0.717, 1.165) is 25.5 Å². The molecule has 0 fully saturated rings. The van der Waals surface area contributed by atoms with Crippen molar-refractivity contribution in [2.24, 2.45) is 0 Å². The van der Waals surface area contributed by atoms with Gasteiger partial charge in [-0.25, -0.2) is 8.78 Å². The molecule has 2 nitrogen and oxygen atoms in total. The quantitative estimate of drug-likeness (QED) is 0.754. The molecule has 0 aliphatic heterocycles. The zero-order chi connectivity index (χ0) is 11.8. The molecule has 1 aromatic carbocycles. The Labute approximate surface area is 93.9 Å². The lowest BCUT2D eigenvalue weighted by Crippen LogP contribution is -2.14. The Kier molecular flexibility index (Phi) is 5.44. The van der Waals surface area contributed by atoms with Crippen LogP contribution in [0.3, 0.4) is 0 Å². The number of nitriles is 1. The van der Waals surface area contributed by atoms with Crippen LogP contribution in [-0.2, 0) is 6.54 Å². The third-order valence-corrected chi connectivity index (χ3v) is 2.14. The van der Waals surface area contributed by atoms with Crippen molar-refractivity contribution in [3.63, 3.8) is 0 Å². The highest BCUT2D eigenvalue weighted by Gasteiger charge is 1.99. The van der Waals surface area contributed by atoms with E-state index >= 15 is 0 Å². The second-order valence-electron chi connectivity index (χ2n) is 3.57. The lowest BCUT2D eigenvalue weighted by atomic mass is 10.2. The number of hydrogen-bond acceptors (Lipinski definition) is 2. The summed E-state index contributed by atoms with van der Waals surface area (Å²) in [6, 6.07) is 5.54. The average Bonchev–Trinajstić information content (AvgIpc) is 2.22. The summed E-state index contributed by atoms with van der Waals surface area (Å²) in [6.45, 7) is 1.20. The van der Waals surface area contributed by atoms with Crippen LogP contribution in [0.2, 0.25) is 0 Å². The first-order valence-electron chi connectivity index (χ1n) is 5.25. The maximum atomic E-state index is 12.8. The first-order chi connectivity index (χ1) is 7.72. The van der Waals surface area contributed by atoms with Crippen molar-refractivity contribution in [3.05, 3.63) is 35.4 Å². The minimum atomic E-state index is -0.554. The van der Waals surface area contributed by atoms with Crippen molar-refractivity contribution < 1.29 is 8.78 Å². The molecule has 0 aliphatic rings. The van der Waals surface area contributed by atoms with Crippen LogP contribution in [0.1, 0.15) is 24.8 Å². The van der Waals surface area contributed by atoms with Gasteiger partial charge in [-0.3, -0.25) is 0 Å². The summed E-state index contributed by atoms with van der Waals surface area (Å²) in [7, 11) is 0. The van der Waals surface area contributed by atoms with Crippen LogP contribution in [0.4, 0.5) is 8.78 Å². The van der Waals surface area contributed by atoms with Crippen LogP contribution in [0.25, 0.3) is 0 Å². The fourth-order valence-corrected chi connectivity index (χ4v) is 1.40. The second-order valence-corrected chi connectivity index (χ2v) is 3.57. The zero-order valence-electron chi connectivity index (χ0n) is 8.97. The molecule has 0 saturated heterocycles. The van der Waals surface area contributed by atoms with E-state index in [1.54, 1.807) is 0 Å².